The third kappa shape index (κ3) is 4.62. The van der Waals surface area contributed by atoms with E-state index in [9.17, 15) is 5.11 Å². The number of quaternary nitrogens is 1. The predicted molar refractivity (Wildman–Crippen MR) is 134 cm³/mol. The van der Waals surface area contributed by atoms with Crippen LogP contribution < -0.4 is 5.11 Å². The number of aromatic nitrogens is 2. The molecule has 2 aromatic carbocycles. The van der Waals surface area contributed by atoms with Gasteiger partial charge in [-0.05, 0) is 17.1 Å². The molecule has 190 valence electrons. The Labute approximate surface area is 213 Å². The SMILES string of the molecule is [O-][C@](c1ccccc1)(c1noc(C[N+]23CCC(CC2)C(OCc2ccccc2)C3)n1)C1CCCCC1. The highest BCUT2D eigenvalue weighted by molar-refractivity contribution is 5.29. The van der Waals surface area contributed by atoms with Crippen molar-refractivity contribution in [3.05, 3.63) is 83.5 Å². The fourth-order valence-electron chi connectivity index (χ4n) is 6.91. The summed E-state index contributed by atoms with van der Waals surface area (Å²) >= 11 is 0. The summed E-state index contributed by atoms with van der Waals surface area (Å²) in [5.74, 6) is 1.54. The van der Waals surface area contributed by atoms with Gasteiger partial charge in [-0.1, -0.05) is 103 Å². The second kappa shape index (κ2) is 10.1. The van der Waals surface area contributed by atoms with E-state index >= 15 is 0 Å². The molecule has 2 atom stereocenters. The molecule has 1 aliphatic carbocycles. The molecular weight excluding hydrogens is 450 g/mol. The number of fused-ring (bicyclic) bond motifs is 3. The molecule has 4 fully saturated rings. The molecule has 4 heterocycles. The Bertz CT molecular complexity index is 1120. The summed E-state index contributed by atoms with van der Waals surface area (Å²) in [4.78, 5) is 4.81. The van der Waals surface area contributed by atoms with Gasteiger partial charge in [0.2, 0.25) is 0 Å². The quantitative estimate of drug-likeness (QED) is 0.435. The van der Waals surface area contributed by atoms with E-state index in [2.05, 4.69) is 29.4 Å². The van der Waals surface area contributed by atoms with Crippen molar-refractivity contribution >= 4 is 0 Å². The monoisotopic (exact) mass is 487 g/mol. The first kappa shape index (κ1) is 23.8. The molecule has 4 aliphatic rings. The van der Waals surface area contributed by atoms with Gasteiger partial charge in [-0.15, -0.1) is 0 Å². The molecule has 7 rings (SSSR count). The smallest absolute Gasteiger partial charge is 0.281 e. The number of rotatable bonds is 8. The van der Waals surface area contributed by atoms with Crippen molar-refractivity contribution in [2.75, 3.05) is 19.6 Å². The van der Waals surface area contributed by atoms with Gasteiger partial charge in [0.1, 0.15) is 12.6 Å². The minimum atomic E-state index is -1.46. The van der Waals surface area contributed by atoms with Gasteiger partial charge in [-0.3, -0.25) is 0 Å². The lowest BCUT2D eigenvalue weighted by molar-refractivity contribution is -0.959. The van der Waals surface area contributed by atoms with Crippen LogP contribution in [-0.4, -0.2) is 40.4 Å². The van der Waals surface area contributed by atoms with Gasteiger partial charge < -0.3 is 18.8 Å². The summed E-state index contributed by atoms with van der Waals surface area (Å²) in [6.07, 6.45) is 7.81. The Morgan fingerprint density at radius 1 is 0.917 bits per heavy atom. The Kier molecular flexibility index (Phi) is 6.67. The van der Waals surface area contributed by atoms with Gasteiger partial charge in [0.25, 0.3) is 5.89 Å². The molecular formula is C30H37N3O3. The summed E-state index contributed by atoms with van der Waals surface area (Å²) in [6.45, 7) is 4.53. The molecule has 0 radical (unpaired) electrons. The van der Waals surface area contributed by atoms with Crippen LogP contribution in [0.1, 0.15) is 67.8 Å². The van der Waals surface area contributed by atoms with Gasteiger partial charge in [-0.25, -0.2) is 0 Å². The van der Waals surface area contributed by atoms with Gasteiger partial charge in [-0.2, -0.15) is 4.98 Å². The molecule has 0 N–H and O–H groups in total. The van der Waals surface area contributed by atoms with Crippen LogP contribution in [0.15, 0.2) is 65.2 Å². The van der Waals surface area contributed by atoms with E-state index < -0.39 is 5.60 Å². The first-order valence-corrected chi connectivity index (χ1v) is 13.7. The molecule has 3 saturated heterocycles. The fourth-order valence-corrected chi connectivity index (χ4v) is 6.91. The van der Waals surface area contributed by atoms with Crippen LogP contribution >= 0.6 is 0 Å². The maximum Gasteiger partial charge on any atom is 0.281 e. The summed E-state index contributed by atoms with van der Waals surface area (Å²) in [5.41, 5.74) is 0.515. The minimum Gasteiger partial charge on any atom is -0.840 e. The molecule has 1 saturated carbocycles. The van der Waals surface area contributed by atoms with Crippen molar-refractivity contribution in [2.45, 2.75) is 69.8 Å². The summed E-state index contributed by atoms with van der Waals surface area (Å²) in [7, 11) is 0. The van der Waals surface area contributed by atoms with Crippen LogP contribution in [0.4, 0.5) is 0 Å². The number of ether oxygens (including phenoxy) is 1. The van der Waals surface area contributed by atoms with Crippen molar-refractivity contribution in [3.8, 4) is 0 Å². The van der Waals surface area contributed by atoms with Crippen LogP contribution in [0, 0.1) is 11.8 Å². The Morgan fingerprint density at radius 2 is 1.61 bits per heavy atom. The van der Waals surface area contributed by atoms with Crippen LogP contribution in [0.25, 0.3) is 0 Å². The van der Waals surface area contributed by atoms with Crippen molar-refractivity contribution in [1.29, 1.82) is 0 Å². The second-order valence-electron chi connectivity index (χ2n) is 11.3. The molecule has 0 amide bonds. The van der Waals surface area contributed by atoms with Gasteiger partial charge in [0.15, 0.2) is 12.4 Å². The van der Waals surface area contributed by atoms with E-state index in [-0.39, 0.29) is 12.0 Å². The minimum absolute atomic E-state index is 0.00682. The molecule has 1 aromatic heterocycles. The van der Waals surface area contributed by atoms with E-state index in [0.29, 0.717) is 30.8 Å². The van der Waals surface area contributed by atoms with Crippen LogP contribution in [0.5, 0.6) is 0 Å². The third-order valence-corrected chi connectivity index (χ3v) is 9.00. The zero-order chi connectivity index (χ0) is 24.4. The number of benzene rings is 2. The molecule has 6 nitrogen and oxygen atoms in total. The average molecular weight is 488 g/mol. The van der Waals surface area contributed by atoms with Crippen LogP contribution in [-0.2, 0) is 23.5 Å². The highest BCUT2D eigenvalue weighted by Crippen LogP contribution is 2.41. The normalized spacial score (nSPS) is 28.1. The Hall–Kier alpha value is -2.54. The number of hydrogen-bond donors (Lipinski definition) is 0. The lowest BCUT2D eigenvalue weighted by Crippen LogP contribution is -2.63. The van der Waals surface area contributed by atoms with Crippen LogP contribution in [0.3, 0.4) is 0 Å². The van der Waals surface area contributed by atoms with Crippen molar-refractivity contribution in [3.63, 3.8) is 0 Å². The topological polar surface area (TPSA) is 71.2 Å². The maximum absolute atomic E-state index is 14.6. The first-order chi connectivity index (χ1) is 17.6. The van der Waals surface area contributed by atoms with Gasteiger partial charge in [0.05, 0.1) is 19.7 Å². The maximum atomic E-state index is 14.6. The Morgan fingerprint density at radius 3 is 2.33 bits per heavy atom. The van der Waals surface area contributed by atoms with E-state index in [1.807, 2.05) is 36.4 Å². The lowest BCUT2D eigenvalue weighted by atomic mass is 9.73. The largest absolute Gasteiger partial charge is 0.840 e. The standard InChI is InChI=1S/C30H37N3O3/c34-30(25-12-6-2-7-13-25,26-14-8-3-9-15-26)29-31-28(36-32-29)21-33-18-16-24(17-19-33)27(20-33)35-22-23-10-4-1-5-11-23/h1-2,4-7,10-13,24,26-27H,3,8-9,14-22H2/t24?,27?,30-,33?/m0/s1. The summed E-state index contributed by atoms with van der Waals surface area (Å²) in [6, 6.07) is 20.1. The second-order valence-corrected chi connectivity index (χ2v) is 11.3. The zero-order valence-corrected chi connectivity index (χ0v) is 21.1. The number of piperidine rings is 3. The summed E-state index contributed by atoms with van der Waals surface area (Å²) < 4.78 is 13.2. The highest BCUT2D eigenvalue weighted by atomic mass is 16.5. The molecule has 36 heavy (non-hydrogen) atoms. The molecule has 3 aliphatic heterocycles. The molecule has 2 bridgehead atoms. The number of hydrogen-bond acceptors (Lipinski definition) is 5. The van der Waals surface area contributed by atoms with E-state index in [4.69, 9.17) is 14.2 Å². The van der Waals surface area contributed by atoms with Gasteiger partial charge in [0, 0.05) is 18.8 Å². The predicted octanol–water partition coefficient (Wildman–Crippen LogP) is 4.58. The van der Waals surface area contributed by atoms with Crippen molar-refractivity contribution < 1.29 is 18.8 Å². The zero-order valence-electron chi connectivity index (χ0n) is 21.1. The van der Waals surface area contributed by atoms with Crippen LogP contribution in [0.2, 0.25) is 0 Å². The molecule has 3 aromatic rings. The van der Waals surface area contributed by atoms with E-state index in [1.54, 1.807) is 0 Å². The average Bonchev–Trinajstić information content (AvgIpc) is 3.42. The van der Waals surface area contributed by atoms with Crippen molar-refractivity contribution in [2.24, 2.45) is 11.8 Å². The fraction of sp³-hybridized carbons (Fsp3) is 0.533. The third-order valence-electron chi connectivity index (χ3n) is 9.00. The molecule has 1 unspecified atom stereocenters. The first-order valence-electron chi connectivity index (χ1n) is 13.7. The number of nitrogens with zero attached hydrogens (tertiary/aromatic N) is 3. The van der Waals surface area contributed by atoms with E-state index in [1.165, 1.54) is 12.0 Å². The van der Waals surface area contributed by atoms with E-state index in [0.717, 1.165) is 68.2 Å². The molecule has 6 heteroatoms. The Balaban J connectivity index is 1.20. The summed E-state index contributed by atoms with van der Waals surface area (Å²) in [5, 5.41) is 18.9. The molecule has 0 spiro atoms. The highest BCUT2D eigenvalue weighted by Gasteiger charge is 2.47. The van der Waals surface area contributed by atoms with Gasteiger partial charge >= 0.3 is 0 Å². The van der Waals surface area contributed by atoms with Crippen molar-refractivity contribution in [1.82, 2.24) is 10.1 Å². The lowest BCUT2D eigenvalue weighted by Gasteiger charge is -2.51.